The maximum Gasteiger partial charge on any atom is 0.246 e. The third-order valence-corrected chi connectivity index (χ3v) is 4.87. The number of amides is 1. The molecule has 1 amide bonds. The molecule has 0 fully saturated rings. The van der Waals surface area contributed by atoms with Crippen LogP contribution in [0.3, 0.4) is 0 Å². The third kappa shape index (κ3) is 4.64. The molecule has 3 aromatic rings. The van der Waals surface area contributed by atoms with Gasteiger partial charge in [-0.05, 0) is 35.6 Å². The standard InChI is InChI=1S/C19H20N4OS/c1-15-10-11-25-18(15)14-22(2)19(24)9-8-17-13-23(21-20-17)12-16-6-4-3-5-7-16/h3-11,13H,12,14H2,1-2H3/b9-8+. The normalized spacial score (nSPS) is 11.1. The zero-order valence-electron chi connectivity index (χ0n) is 14.3. The van der Waals surface area contributed by atoms with Crippen LogP contribution in [0.1, 0.15) is 21.7 Å². The second-order valence-corrected chi connectivity index (χ2v) is 6.88. The van der Waals surface area contributed by atoms with E-state index in [2.05, 4.69) is 23.3 Å². The van der Waals surface area contributed by atoms with Crippen LogP contribution >= 0.6 is 11.3 Å². The molecule has 0 saturated heterocycles. The Bertz CT molecular complexity index is 866. The van der Waals surface area contributed by atoms with E-state index in [-0.39, 0.29) is 5.91 Å². The summed E-state index contributed by atoms with van der Waals surface area (Å²) in [5.74, 6) is -0.0505. The first-order chi connectivity index (χ1) is 12.1. The summed E-state index contributed by atoms with van der Waals surface area (Å²) in [6.45, 7) is 3.34. The first kappa shape index (κ1) is 17.1. The lowest BCUT2D eigenvalue weighted by atomic mass is 10.2. The molecular formula is C19H20N4OS. The molecule has 0 atom stereocenters. The van der Waals surface area contributed by atoms with E-state index >= 15 is 0 Å². The summed E-state index contributed by atoms with van der Waals surface area (Å²) in [6, 6.07) is 12.1. The molecule has 3 rings (SSSR count). The van der Waals surface area contributed by atoms with Crippen molar-refractivity contribution in [1.29, 1.82) is 0 Å². The van der Waals surface area contributed by atoms with Crippen LogP contribution < -0.4 is 0 Å². The van der Waals surface area contributed by atoms with Crippen LogP contribution in [-0.4, -0.2) is 32.8 Å². The Morgan fingerprint density at radius 1 is 1.28 bits per heavy atom. The predicted octanol–water partition coefficient (Wildman–Crippen LogP) is 3.37. The molecule has 1 aromatic carbocycles. The second-order valence-electron chi connectivity index (χ2n) is 5.88. The number of benzene rings is 1. The molecule has 0 radical (unpaired) electrons. The molecular weight excluding hydrogens is 332 g/mol. The Morgan fingerprint density at radius 3 is 2.80 bits per heavy atom. The van der Waals surface area contributed by atoms with E-state index < -0.39 is 0 Å². The molecule has 0 bridgehead atoms. The van der Waals surface area contributed by atoms with Crippen LogP contribution in [-0.2, 0) is 17.9 Å². The lowest BCUT2D eigenvalue weighted by Crippen LogP contribution is -2.23. The van der Waals surface area contributed by atoms with Crippen molar-refractivity contribution in [3.8, 4) is 0 Å². The summed E-state index contributed by atoms with van der Waals surface area (Å²) >= 11 is 1.67. The van der Waals surface area contributed by atoms with Crippen LogP contribution in [0, 0.1) is 6.92 Å². The Kier molecular flexibility index (Phi) is 5.40. The Morgan fingerprint density at radius 2 is 2.08 bits per heavy atom. The van der Waals surface area contributed by atoms with Crippen LogP contribution in [0.25, 0.3) is 6.08 Å². The average Bonchev–Trinajstić information content (AvgIpc) is 3.23. The van der Waals surface area contributed by atoms with E-state index in [9.17, 15) is 4.79 Å². The van der Waals surface area contributed by atoms with Gasteiger partial charge in [-0.3, -0.25) is 4.79 Å². The van der Waals surface area contributed by atoms with Gasteiger partial charge in [-0.1, -0.05) is 35.5 Å². The van der Waals surface area contributed by atoms with Crippen molar-refractivity contribution in [3.05, 3.63) is 75.7 Å². The highest BCUT2D eigenvalue weighted by Crippen LogP contribution is 2.17. The van der Waals surface area contributed by atoms with E-state index in [4.69, 9.17) is 0 Å². The fourth-order valence-corrected chi connectivity index (χ4v) is 3.34. The number of likely N-dealkylation sites (N-methyl/N-ethyl adjacent to an activating group) is 1. The number of nitrogens with zero attached hydrogens (tertiary/aromatic N) is 4. The number of hydrogen-bond donors (Lipinski definition) is 0. The number of thiophene rings is 1. The zero-order valence-corrected chi connectivity index (χ0v) is 15.1. The molecule has 6 heteroatoms. The van der Waals surface area contributed by atoms with E-state index in [0.29, 0.717) is 18.8 Å². The van der Waals surface area contributed by atoms with Crippen molar-refractivity contribution < 1.29 is 4.79 Å². The zero-order chi connectivity index (χ0) is 17.6. The van der Waals surface area contributed by atoms with Gasteiger partial charge in [0, 0.05) is 18.0 Å². The summed E-state index contributed by atoms with van der Waals surface area (Å²) in [6.07, 6.45) is 5.08. The molecule has 0 unspecified atom stereocenters. The lowest BCUT2D eigenvalue weighted by molar-refractivity contribution is -0.125. The van der Waals surface area contributed by atoms with Gasteiger partial charge in [0.15, 0.2) is 0 Å². The molecule has 0 saturated carbocycles. The van der Waals surface area contributed by atoms with Gasteiger partial charge in [-0.15, -0.1) is 16.4 Å². The number of carbonyl (C=O) groups excluding carboxylic acids is 1. The molecule has 0 N–H and O–H groups in total. The Labute approximate surface area is 151 Å². The summed E-state index contributed by atoms with van der Waals surface area (Å²) in [7, 11) is 1.80. The van der Waals surface area contributed by atoms with Crippen molar-refractivity contribution in [1.82, 2.24) is 19.9 Å². The van der Waals surface area contributed by atoms with Crippen molar-refractivity contribution in [2.45, 2.75) is 20.0 Å². The quantitative estimate of drug-likeness (QED) is 0.639. The molecule has 128 valence electrons. The number of rotatable bonds is 6. The minimum atomic E-state index is -0.0505. The van der Waals surface area contributed by atoms with E-state index in [1.54, 1.807) is 40.1 Å². The number of aryl methyl sites for hydroxylation is 1. The summed E-state index contributed by atoms with van der Waals surface area (Å²) in [5, 5.41) is 10.2. The lowest BCUT2D eigenvalue weighted by Gasteiger charge is -2.14. The van der Waals surface area contributed by atoms with Gasteiger partial charge < -0.3 is 4.90 Å². The highest BCUT2D eigenvalue weighted by Gasteiger charge is 2.09. The highest BCUT2D eigenvalue weighted by atomic mass is 32.1. The largest absolute Gasteiger partial charge is 0.337 e. The van der Waals surface area contributed by atoms with Crippen molar-refractivity contribution in [2.75, 3.05) is 7.05 Å². The topological polar surface area (TPSA) is 51.0 Å². The number of aromatic nitrogens is 3. The highest BCUT2D eigenvalue weighted by molar-refractivity contribution is 7.10. The fourth-order valence-electron chi connectivity index (χ4n) is 2.38. The van der Waals surface area contributed by atoms with Gasteiger partial charge in [0.25, 0.3) is 0 Å². The first-order valence-corrected chi connectivity index (χ1v) is 8.90. The molecule has 0 aliphatic carbocycles. The van der Waals surface area contributed by atoms with Gasteiger partial charge in [-0.2, -0.15) is 0 Å². The van der Waals surface area contributed by atoms with Gasteiger partial charge >= 0.3 is 0 Å². The molecule has 0 aliphatic heterocycles. The predicted molar refractivity (Wildman–Crippen MR) is 100 cm³/mol. The minimum Gasteiger partial charge on any atom is -0.337 e. The monoisotopic (exact) mass is 352 g/mol. The van der Waals surface area contributed by atoms with Crippen LogP contribution in [0.4, 0.5) is 0 Å². The van der Waals surface area contributed by atoms with Crippen LogP contribution in [0.15, 0.2) is 54.1 Å². The minimum absolute atomic E-state index is 0.0505. The maximum absolute atomic E-state index is 12.2. The molecule has 0 spiro atoms. The SMILES string of the molecule is Cc1ccsc1CN(C)C(=O)/C=C/c1cn(Cc2ccccc2)nn1. The maximum atomic E-state index is 12.2. The third-order valence-electron chi connectivity index (χ3n) is 3.87. The molecule has 5 nitrogen and oxygen atoms in total. The van der Waals surface area contributed by atoms with Crippen LogP contribution in [0.2, 0.25) is 0 Å². The average molecular weight is 352 g/mol. The molecule has 0 aliphatic rings. The van der Waals surface area contributed by atoms with Gasteiger partial charge in [0.1, 0.15) is 5.69 Å². The second kappa shape index (κ2) is 7.90. The van der Waals surface area contributed by atoms with Crippen LogP contribution in [0.5, 0.6) is 0 Å². The first-order valence-electron chi connectivity index (χ1n) is 8.02. The summed E-state index contributed by atoms with van der Waals surface area (Å²) in [4.78, 5) is 15.1. The molecule has 2 aromatic heterocycles. The summed E-state index contributed by atoms with van der Waals surface area (Å²) < 4.78 is 1.76. The van der Waals surface area contributed by atoms with Gasteiger partial charge in [0.05, 0.1) is 19.3 Å². The van der Waals surface area contributed by atoms with Crippen molar-refractivity contribution in [2.24, 2.45) is 0 Å². The summed E-state index contributed by atoms with van der Waals surface area (Å²) in [5.41, 5.74) is 3.05. The Hall–Kier alpha value is -2.73. The van der Waals surface area contributed by atoms with Gasteiger partial charge in [-0.25, -0.2) is 4.68 Å². The van der Waals surface area contributed by atoms with Crippen molar-refractivity contribution in [3.63, 3.8) is 0 Å². The van der Waals surface area contributed by atoms with Gasteiger partial charge in [0.2, 0.25) is 5.91 Å². The Balaban J connectivity index is 1.58. The van der Waals surface area contributed by atoms with Crippen molar-refractivity contribution >= 4 is 23.3 Å². The smallest absolute Gasteiger partial charge is 0.246 e. The van der Waals surface area contributed by atoms with E-state index in [1.807, 2.05) is 41.9 Å². The number of carbonyl (C=O) groups is 1. The van der Waals surface area contributed by atoms with E-state index in [0.717, 1.165) is 5.56 Å². The fraction of sp³-hybridized carbons (Fsp3) is 0.211. The molecule has 2 heterocycles. The number of hydrogen-bond acceptors (Lipinski definition) is 4. The van der Waals surface area contributed by atoms with E-state index in [1.165, 1.54) is 10.4 Å². The molecule has 25 heavy (non-hydrogen) atoms.